The van der Waals surface area contributed by atoms with Crippen LogP contribution in [0.1, 0.15) is 130 Å². The maximum Gasteiger partial charge on any atom is 0.305 e. The van der Waals surface area contributed by atoms with Gasteiger partial charge in [0.15, 0.2) is 0 Å². The summed E-state index contributed by atoms with van der Waals surface area (Å²) < 4.78 is 5.27. The van der Waals surface area contributed by atoms with E-state index in [0.717, 1.165) is 25.7 Å². The number of unbranched alkanes of at least 4 members (excludes halogenated alkanes) is 11. The lowest BCUT2D eigenvalue weighted by Gasteiger charge is -2.14. The molecule has 0 aromatic carbocycles. The monoisotopic (exact) mass is 397 g/mol. The molecule has 0 unspecified atom stereocenters. The molecule has 4 heteroatoms. The van der Waals surface area contributed by atoms with Gasteiger partial charge in [-0.3, -0.25) is 9.59 Å². The zero-order chi connectivity index (χ0) is 20.9. The molecule has 0 heterocycles. The first-order chi connectivity index (χ1) is 13.6. The number of carbonyl (C=O) groups is 2. The summed E-state index contributed by atoms with van der Waals surface area (Å²) in [6.45, 7) is 6.93. The van der Waals surface area contributed by atoms with Gasteiger partial charge in [-0.15, -0.1) is 0 Å². The fraction of sp³-hybridized carbons (Fsp3) is 0.917. The summed E-state index contributed by atoms with van der Waals surface area (Å²) in [5, 5.41) is 2.99. The number of hydrogen-bond acceptors (Lipinski definition) is 3. The fourth-order valence-electron chi connectivity index (χ4n) is 3.39. The van der Waals surface area contributed by atoms with Crippen molar-refractivity contribution in [3.05, 3.63) is 0 Å². The van der Waals surface area contributed by atoms with Crippen LogP contribution in [0, 0.1) is 0 Å². The van der Waals surface area contributed by atoms with Crippen LogP contribution in [0.4, 0.5) is 0 Å². The van der Waals surface area contributed by atoms with E-state index in [1.54, 1.807) is 0 Å². The van der Waals surface area contributed by atoms with Crippen LogP contribution in [-0.2, 0) is 14.3 Å². The normalized spacial score (nSPS) is 11.0. The zero-order valence-electron chi connectivity index (χ0n) is 19.0. The molecular weight excluding hydrogens is 350 g/mol. The third-order valence-corrected chi connectivity index (χ3v) is 5.40. The molecule has 0 aliphatic heterocycles. The standard InChI is InChI=1S/C24H47NO3/c1-4-7-8-9-10-11-12-13-14-15-16-17-21-28-24(27)20-18-19-23(26)25-22(5-2)6-3/h22H,4-21H2,1-3H3,(H,25,26). The minimum atomic E-state index is -0.168. The van der Waals surface area contributed by atoms with Crippen LogP contribution in [0.3, 0.4) is 0 Å². The molecule has 0 aromatic rings. The summed E-state index contributed by atoms with van der Waals surface area (Å²) in [6, 6.07) is 0.255. The lowest BCUT2D eigenvalue weighted by Crippen LogP contribution is -2.33. The van der Waals surface area contributed by atoms with Crippen molar-refractivity contribution in [2.75, 3.05) is 6.61 Å². The number of amides is 1. The maximum atomic E-state index is 11.8. The predicted molar refractivity (Wildman–Crippen MR) is 118 cm³/mol. The molecule has 0 bridgehead atoms. The van der Waals surface area contributed by atoms with E-state index >= 15 is 0 Å². The molecule has 0 aliphatic carbocycles. The summed E-state index contributed by atoms with van der Waals surface area (Å²) >= 11 is 0. The third kappa shape index (κ3) is 18.3. The van der Waals surface area contributed by atoms with Gasteiger partial charge < -0.3 is 10.1 Å². The Balaban J connectivity index is 3.34. The molecule has 0 aliphatic rings. The molecule has 0 aromatic heterocycles. The van der Waals surface area contributed by atoms with Crippen molar-refractivity contribution in [1.29, 1.82) is 0 Å². The van der Waals surface area contributed by atoms with Crippen molar-refractivity contribution in [1.82, 2.24) is 5.32 Å². The van der Waals surface area contributed by atoms with Crippen LogP contribution >= 0.6 is 0 Å². The molecule has 1 N–H and O–H groups in total. The van der Waals surface area contributed by atoms with Gasteiger partial charge in [0.05, 0.1) is 6.61 Å². The highest BCUT2D eigenvalue weighted by Crippen LogP contribution is 2.12. The second-order valence-electron chi connectivity index (χ2n) is 8.04. The largest absolute Gasteiger partial charge is 0.466 e. The summed E-state index contributed by atoms with van der Waals surface area (Å²) in [5.41, 5.74) is 0. The minimum Gasteiger partial charge on any atom is -0.466 e. The van der Waals surface area contributed by atoms with Crippen molar-refractivity contribution in [3.63, 3.8) is 0 Å². The Morgan fingerprint density at radius 2 is 1.18 bits per heavy atom. The number of ether oxygens (including phenoxy) is 1. The van der Waals surface area contributed by atoms with Gasteiger partial charge in [-0.05, 0) is 25.7 Å². The van der Waals surface area contributed by atoms with Crippen LogP contribution in [0.15, 0.2) is 0 Å². The fourth-order valence-corrected chi connectivity index (χ4v) is 3.39. The molecule has 0 saturated heterocycles. The number of hydrogen-bond donors (Lipinski definition) is 1. The topological polar surface area (TPSA) is 55.4 Å². The first-order valence-electron chi connectivity index (χ1n) is 12.1. The van der Waals surface area contributed by atoms with Gasteiger partial charge in [0.25, 0.3) is 0 Å². The van der Waals surface area contributed by atoms with Crippen molar-refractivity contribution in [2.24, 2.45) is 0 Å². The van der Waals surface area contributed by atoms with Crippen LogP contribution in [0.2, 0.25) is 0 Å². The summed E-state index contributed by atoms with van der Waals surface area (Å²) in [7, 11) is 0. The second-order valence-corrected chi connectivity index (χ2v) is 8.04. The SMILES string of the molecule is CCCCCCCCCCCCCCOC(=O)CCCC(=O)NC(CC)CC. The molecule has 0 spiro atoms. The molecule has 0 rings (SSSR count). The zero-order valence-corrected chi connectivity index (χ0v) is 19.0. The lowest BCUT2D eigenvalue weighted by atomic mass is 10.1. The number of esters is 1. The average Bonchev–Trinajstić information content (AvgIpc) is 2.69. The van der Waals surface area contributed by atoms with Gasteiger partial charge in [0.1, 0.15) is 0 Å². The lowest BCUT2D eigenvalue weighted by molar-refractivity contribution is -0.143. The quantitative estimate of drug-likeness (QED) is 0.183. The highest BCUT2D eigenvalue weighted by Gasteiger charge is 2.09. The molecule has 28 heavy (non-hydrogen) atoms. The van der Waals surface area contributed by atoms with Crippen molar-refractivity contribution in [3.8, 4) is 0 Å². The van der Waals surface area contributed by atoms with E-state index in [9.17, 15) is 9.59 Å². The predicted octanol–water partition coefficient (Wildman–Crippen LogP) is 6.71. The molecule has 4 nitrogen and oxygen atoms in total. The maximum absolute atomic E-state index is 11.8. The summed E-state index contributed by atoms with van der Waals surface area (Å²) in [5.74, 6) is -0.124. The van der Waals surface area contributed by atoms with Crippen molar-refractivity contribution in [2.45, 2.75) is 136 Å². The molecule has 0 fully saturated rings. The van der Waals surface area contributed by atoms with E-state index in [4.69, 9.17) is 4.74 Å². The summed E-state index contributed by atoms with van der Waals surface area (Å²) in [6.07, 6.45) is 18.9. The second kappa shape index (κ2) is 20.7. The molecule has 0 radical (unpaired) electrons. The first kappa shape index (κ1) is 26.9. The van der Waals surface area contributed by atoms with E-state index in [1.165, 1.54) is 64.2 Å². The molecular formula is C24H47NO3. The van der Waals surface area contributed by atoms with Gasteiger partial charge in [-0.25, -0.2) is 0 Å². The van der Waals surface area contributed by atoms with Gasteiger partial charge >= 0.3 is 5.97 Å². The van der Waals surface area contributed by atoms with Gasteiger partial charge in [0.2, 0.25) is 5.91 Å². The van der Waals surface area contributed by atoms with E-state index in [1.807, 2.05) is 0 Å². The van der Waals surface area contributed by atoms with Crippen LogP contribution < -0.4 is 5.32 Å². The molecule has 0 atom stereocenters. The molecule has 1 amide bonds. The third-order valence-electron chi connectivity index (χ3n) is 5.40. The molecule has 0 saturated carbocycles. The van der Waals surface area contributed by atoms with Crippen molar-refractivity contribution >= 4 is 11.9 Å². The van der Waals surface area contributed by atoms with E-state index < -0.39 is 0 Å². The van der Waals surface area contributed by atoms with Crippen LogP contribution in [0.5, 0.6) is 0 Å². The van der Waals surface area contributed by atoms with E-state index in [-0.39, 0.29) is 17.9 Å². The Kier molecular flexibility index (Phi) is 19.9. The minimum absolute atomic E-state index is 0.0439. The highest BCUT2D eigenvalue weighted by atomic mass is 16.5. The Hall–Kier alpha value is -1.06. The Labute approximate surface area is 174 Å². The molecule has 166 valence electrons. The average molecular weight is 398 g/mol. The van der Waals surface area contributed by atoms with Gasteiger partial charge in [-0.1, -0.05) is 91.4 Å². The van der Waals surface area contributed by atoms with Crippen LogP contribution in [-0.4, -0.2) is 24.5 Å². The van der Waals surface area contributed by atoms with E-state index in [2.05, 4.69) is 26.1 Å². The number of nitrogens with one attached hydrogen (secondary N) is 1. The van der Waals surface area contributed by atoms with E-state index in [0.29, 0.717) is 25.9 Å². The first-order valence-corrected chi connectivity index (χ1v) is 12.1. The Morgan fingerprint density at radius 3 is 1.68 bits per heavy atom. The highest BCUT2D eigenvalue weighted by molar-refractivity contribution is 5.77. The Bertz CT molecular complexity index is 367. The number of carbonyl (C=O) groups excluding carboxylic acids is 2. The smallest absolute Gasteiger partial charge is 0.305 e. The van der Waals surface area contributed by atoms with Crippen LogP contribution in [0.25, 0.3) is 0 Å². The van der Waals surface area contributed by atoms with Gasteiger partial charge in [-0.2, -0.15) is 0 Å². The summed E-state index contributed by atoms with van der Waals surface area (Å²) in [4.78, 5) is 23.5. The number of rotatable bonds is 20. The van der Waals surface area contributed by atoms with Crippen molar-refractivity contribution < 1.29 is 14.3 Å². The van der Waals surface area contributed by atoms with Gasteiger partial charge in [0, 0.05) is 18.9 Å². The Morgan fingerprint density at radius 1 is 0.679 bits per heavy atom.